The van der Waals surface area contributed by atoms with E-state index in [1.54, 1.807) is 6.92 Å². The van der Waals surface area contributed by atoms with E-state index < -0.39 is 6.10 Å². The fourth-order valence-corrected chi connectivity index (χ4v) is 1.98. The molecule has 0 saturated heterocycles. The van der Waals surface area contributed by atoms with Crippen LogP contribution >= 0.6 is 0 Å². The third kappa shape index (κ3) is 6.91. The number of carbonyl (C=O) groups excluding carboxylic acids is 1. The van der Waals surface area contributed by atoms with Crippen LogP contribution in [0.1, 0.15) is 32.8 Å². The molecular formula is C17H26O5. The number of benzene rings is 1. The largest absolute Gasteiger partial charge is 0.493 e. The Kier molecular flexibility index (Phi) is 8.55. The molecule has 22 heavy (non-hydrogen) atoms. The average molecular weight is 310 g/mol. The number of esters is 1. The van der Waals surface area contributed by atoms with Gasteiger partial charge in [-0.1, -0.05) is 12.1 Å². The Balaban J connectivity index is 2.70. The summed E-state index contributed by atoms with van der Waals surface area (Å²) in [6.07, 6.45) is 0.353. The van der Waals surface area contributed by atoms with Crippen molar-refractivity contribution in [3.63, 3.8) is 0 Å². The van der Waals surface area contributed by atoms with Crippen molar-refractivity contribution in [1.29, 1.82) is 0 Å². The topological polar surface area (TPSA) is 65.0 Å². The minimum absolute atomic E-state index is 0.0570. The predicted molar refractivity (Wildman–Crippen MR) is 84.0 cm³/mol. The van der Waals surface area contributed by atoms with Gasteiger partial charge < -0.3 is 19.3 Å². The summed E-state index contributed by atoms with van der Waals surface area (Å²) in [5.41, 5.74) is 0.945. The number of carbonyl (C=O) groups is 1. The monoisotopic (exact) mass is 310 g/mol. The van der Waals surface area contributed by atoms with Crippen LogP contribution in [0.2, 0.25) is 0 Å². The molecule has 0 aliphatic heterocycles. The van der Waals surface area contributed by atoms with Gasteiger partial charge in [-0.3, -0.25) is 0 Å². The molecule has 0 aliphatic carbocycles. The van der Waals surface area contributed by atoms with E-state index in [4.69, 9.17) is 19.3 Å². The molecule has 1 unspecified atom stereocenters. The van der Waals surface area contributed by atoms with Crippen molar-refractivity contribution in [3.05, 3.63) is 29.8 Å². The lowest BCUT2D eigenvalue weighted by molar-refractivity contribution is -0.159. The molecule has 124 valence electrons. The summed E-state index contributed by atoms with van der Waals surface area (Å²) in [6.45, 7) is 6.46. The molecule has 0 radical (unpaired) electrons. The summed E-state index contributed by atoms with van der Waals surface area (Å²) in [5.74, 6) is 0.376. The summed E-state index contributed by atoms with van der Waals surface area (Å²) in [7, 11) is 0. The lowest BCUT2D eigenvalue weighted by atomic mass is 10.1. The molecule has 0 bridgehead atoms. The molecule has 0 fully saturated rings. The van der Waals surface area contributed by atoms with Gasteiger partial charge in [-0.2, -0.15) is 0 Å². The predicted octanol–water partition coefficient (Wildman–Crippen LogP) is 2.35. The van der Waals surface area contributed by atoms with Crippen LogP contribution in [-0.4, -0.2) is 43.1 Å². The van der Waals surface area contributed by atoms with Crippen LogP contribution in [-0.2, 0) is 20.7 Å². The molecule has 0 spiro atoms. The van der Waals surface area contributed by atoms with Crippen LogP contribution in [0.25, 0.3) is 0 Å². The lowest BCUT2D eigenvalue weighted by Gasteiger charge is -2.19. The zero-order valence-electron chi connectivity index (χ0n) is 13.6. The van der Waals surface area contributed by atoms with E-state index in [2.05, 4.69) is 0 Å². The summed E-state index contributed by atoms with van der Waals surface area (Å²) >= 11 is 0. The van der Waals surface area contributed by atoms with Gasteiger partial charge in [0.05, 0.1) is 19.3 Å². The molecule has 0 amide bonds. The highest BCUT2D eigenvalue weighted by Gasteiger charge is 2.22. The second kappa shape index (κ2) is 10.2. The van der Waals surface area contributed by atoms with E-state index in [1.807, 2.05) is 38.1 Å². The van der Waals surface area contributed by atoms with Gasteiger partial charge in [0.15, 0.2) is 6.10 Å². The fraction of sp³-hybridized carbons (Fsp3) is 0.588. The highest BCUT2D eigenvalue weighted by molar-refractivity contribution is 5.75. The van der Waals surface area contributed by atoms with Crippen molar-refractivity contribution in [1.82, 2.24) is 0 Å². The summed E-state index contributed by atoms with van der Waals surface area (Å²) in [5, 5.41) is 8.77. The Bertz CT molecular complexity index is 444. The van der Waals surface area contributed by atoms with Gasteiger partial charge in [0, 0.05) is 19.4 Å². The van der Waals surface area contributed by atoms with Crippen molar-refractivity contribution in [2.75, 3.05) is 19.8 Å². The Morgan fingerprint density at radius 1 is 1.32 bits per heavy atom. The standard InChI is InChI=1S/C17H26O5/c1-4-20-17(19)16(22-13(2)3)12-14-7-5-8-15(11-14)21-10-6-9-18/h5,7-8,11,13,16,18H,4,6,9-10,12H2,1-3H3. The minimum atomic E-state index is -0.618. The number of aliphatic hydroxyl groups excluding tert-OH is 1. The number of hydrogen-bond donors (Lipinski definition) is 1. The number of hydrogen-bond acceptors (Lipinski definition) is 5. The van der Waals surface area contributed by atoms with E-state index in [1.165, 1.54) is 0 Å². The first-order chi connectivity index (χ1) is 10.6. The van der Waals surface area contributed by atoms with Crippen molar-refractivity contribution >= 4 is 5.97 Å². The first-order valence-electron chi connectivity index (χ1n) is 7.71. The maximum absolute atomic E-state index is 12.0. The zero-order valence-corrected chi connectivity index (χ0v) is 13.6. The maximum Gasteiger partial charge on any atom is 0.335 e. The number of rotatable bonds is 10. The highest BCUT2D eigenvalue weighted by Crippen LogP contribution is 2.17. The van der Waals surface area contributed by atoms with Gasteiger partial charge in [0.25, 0.3) is 0 Å². The Labute approximate surface area is 132 Å². The van der Waals surface area contributed by atoms with Crippen LogP contribution in [0.4, 0.5) is 0 Å². The van der Waals surface area contributed by atoms with E-state index in [-0.39, 0.29) is 18.7 Å². The van der Waals surface area contributed by atoms with Gasteiger partial charge in [-0.15, -0.1) is 0 Å². The summed E-state index contributed by atoms with van der Waals surface area (Å²) in [4.78, 5) is 12.0. The van der Waals surface area contributed by atoms with Crippen LogP contribution < -0.4 is 4.74 Å². The summed E-state index contributed by atoms with van der Waals surface area (Å²) < 4.78 is 16.3. The van der Waals surface area contributed by atoms with Crippen molar-refractivity contribution in [3.8, 4) is 5.75 Å². The van der Waals surface area contributed by atoms with Crippen LogP contribution in [0.3, 0.4) is 0 Å². The van der Waals surface area contributed by atoms with Gasteiger partial charge in [0.1, 0.15) is 5.75 Å². The minimum Gasteiger partial charge on any atom is -0.493 e. The molecule has 1 atom stereocenters. The van der Waals surface area contributed by atoms with E-state index >= 15 is 0 Å². The second-order valence-electron chi connectivity index (χ2n) is 5.20. The number of ether oxygens (including phenoxy) is 3. The van der Waals surface area contributed by atoms with Crippen molar-refractivity contribution < 1.29 is 24.1 Å². The number of aliphatic hydroxyl groups is 1. The Morgan fingerprint density at radius 3 is 2.73 bits per heavy atom. The molecule has 5 heteroatoms. The SMILES string of the molecule is CCOC(=O)C(Cc1cccc(OCCCO)c1)OC(C)C. The molecule has 1 aromatic rings. The molecule has 0 saturated carbocycles. The third-order valence-electron chi connectivity index (χ3n) is 2.88. The molecule has 1 N–H and O–H groups in total. The Hall–Kier alpha value is -1.59. The van der Waals surface area contributed by atoms with Crippen LogP contribution in [0, 0.1) is 0 Å². The van der Waals surface area contributed by atoms with Crippen molar-refractivity contribution in [2.45, 2.75) is 45.8 Å². The molecule has 1 aromatic carbocycles. The van der Waals surface area contributed by atoms with Gasteiger partial charge in [0.2, 0.25) is 0 Å². The fourth-order valence-electron chi connectivity index (χ4n) is 1.98. The highest BCUT2D eigenvalue weighted by atomic mass is 16.6. The van der Waals surface area contributed by atoms with E-state index in [0.29, 0.717) is 26.1 Å². The van der Waals surface area contributed by atoms with Gasteiger partial charge in [-0.05, 0) is 38.5 Å². The molecule has 5 nitrogen and oxygen atoms in total. The van der Waals surface area contributed by atoms with Gasteiger partial charge in [-0.25, -0.2) is 4.79 Å². The third-order valence-corrected chi connectivity index (χ3v) is 2.88. The molecule has 1 rings (SSSR count). The summed E-state index contributed by atoms with van der Waals surface area (Å²) in [6, 6.07) is 7.53. The second-order valence-corrected chi connectivity index (χ2v) is 5.20. The van der Waals surface area contributed by atoms with Crippen molar-refractivity contribution in [2.24, 2.45) is 0 Å². The molecule has 0 aliphatic rings. The van der Waals surface area contributed by atoms with Gasteiger partial charge >= 0.3 is 5.97 Å². The normalized spacial score (nSPS) is 12.2. The lowest BCUT2D eigenvalue weighted by Crippen LogP contribution is -2.31. The zero-order chi connectivity index (χ0) is 16.4. The quantitative estimate of drug-likeness (QED) is 0.531. The maximum atomic E-state index is 12.0. The Morgan fingerprint density at radius 2 is 2.09 bits per heavy atom. The molecule has 0 aromatic heterocycles. The van der Waals surface area contributed by atoms with E-state index in [9.17, 15) is 4.79 Å². The molecule has 0 heterocycles. The first-order valence-corrected chi connectivity index (χ1v) is 7.71. The van der Waals surface area contributed by atoms with E-state index in [0.717, 1.165) is 11.3 Å². The molecular weight excluding hydrogens is 284 g/mol. The van der Waals surface area contributed by atoms with Crippen LogP contribution in [0.5, 0.6) is 5.75 Å². The first kappa shape index (κ1) is 18.5. The smallest absolute Gasteiger partial charge is 0.335 e. The van der Waals surface area contributed by atoms with Crippen LogP contribution in [0.15, 0.2) is 24.3 Å². The average Bonchev–Trinajstić information content (AvgIpc) is 2.47.